The third-order valence-corrected chi connectivity index (χ3v) is 3.82. The van der Waals surface area contributed by atoms with E-state index in [0.717, 1.165) is 39.3 Å². The summed E-state index contributed by atoms with van der Waals surface area (Å²) in [6.45, 7) is 10.4. The number of carbonyl (C=O) groups excluding carboxylic acids is 1. The number of amides is 1. The van der Waals surface area contributed by atoms with E-state index < -0.39 is 0 Å². The largest absolute Gasteiger partial charge is 0.378 e. The van der Waals surface area contributed by atoms with Crippen molar-refractivity contribution in [2.24, 2.45) is 0 Å². The highest BCUT2D eigenvalue weighted by Crippen LogP contribution is 2.09. The van der Waals surface area contributed by atoms with Crippen molar-refractivity contribution in [1.29, 1.82) is 0 Å². The summed E-state index contributed by atoms with van der Waals surface area (Å²) in [4.78, 5) is 16.6. The molecule has 0 aliphatic carbocycles. The van der Waals surface area contributed by atoms with Gasteiger partial charge in [-0.3, -0.25) is 9.69 Å². The molecule has 0 radical (unpaired) electrons. The number of ether oxygens (including phenoxy) is 1. The zero-order valence-corrected chi connectivity index (χ0v) is 14.0. The minimum atomic E-state index is 0. The fourth-order valence-electron chi connectivity index (χ4n) is 2.58. The van der Waals surface area contributed by atoms with Crippen LogP contribution in [0, 0.1) is 0 Å². The Hall–Kier alpha value is -0.0700. The predicted molar refractivity (Wildman–Crippen MR) is 85.0 cm³/mol. The quantitative estimate of drug-likeness (QED) is 0.831. The molecule has 0 aromatic heterocycles. The van der Waals surface area contributed by atoms with E-state index in [1.807, 2.05) is 4.90 Å². The molecule has 2 aliphatic heterocycles. The van der Waals surface area contributed by atoms with Gasteiger partial charge in [-0.1, -0.05) is 0 Å². The van der Waals surface area contributed by atoms with Crippen molar-refractivity contribution in [1.82, 2.24) is 15.1 Å². The molecule has 0 saturated carbocycles. The number of morpholine rings is 1. The van der Waals surface area contributed by atoms with Crippen LogP contribution in [0.25, 0.3) is 0 Å². The number of hydrogen-bond donors (Lipinski definition) is 1. The number of piperazine rings is 1. The first-order valence-corrected chi connectivity index (χ1v) is 7.00. The molecule has 7 heteroatoms. The van der Waals surface area contributed by atoms with Crippen LogP contribution >= 0.6 is 24.8 Å². The van der Waals surface area contributed by atoms with Gasteiger partial charge in [0.05, 0.1) is 13.2 Å². The Balaban J connectivity index is 0.00000180. The summed E-state index contributed by atoms with van der Waals surface area (Å²) in [5, 5.41) is 3.33. The van der Waals surface area contributed by atoms with Gasteiger partial charge in [0, 0.05) is 51.2 Å². The van der Waals surface area contributed by atoms with Gasteiger partial charge >= 0.3 is 0 Å². The molecule has 2 aliphatic rings. The van der Waals surface area contributed by atoms with Crippen molar-refractivity contribution in [3.05, 3.63) is 0 Å². The normalized spacial score (nSPS) is 23.9. The van der Waals surface area contributed by atoms with E-state index in [0.29, 0.717) is 19.1 Å². The van der Waals surface area contributed by atoms with Crippen molar-refractivity contribution in [3.63, 3.8) is 0 Å². The SMILES string of the molecule is CC(C)N1CCN(C(=O)CC2COCCN2)CC1.Cl.Cl. The van der Waals surface area contributed by atoms with Gasteiger partial charge in [-0.25, -0.2) is 0 Å². The van der Waals surface area contributed by atoms with Gasteiger partial charge in [-0.05, 0) is 13.8 Å². The first-order chi connectivity index (χ1) is 8.66. The second kappa shape index (κ2) is 9.79. The number of carbonyl (C=O) groups is 1. The Morgan fingerprint density at radius 1 is 1.25 bits per heavy atom. The van der Waals surface area contributed by atoms with Gasteiger partial charge in [0.1, 0.15) is 0 Å². The lowest BCUT2D eigenvalue weighted by Gasteiger charge is -2.37. The topological polar surface area (TPSA) is 44.8 Å². The number of halogens is 2. The van der Waals surface area contributed by atoms with Crippen LogP contribution in [0.4, 0.5) is 0 Å². The summed E-state index contributed by atoms with van der Waals surface area (Å²) in [6.07, 6.45) is 0.571. The molecule has 2 saturated heterocycles. The first kappa shape index (κ1) is 19.9. The molecule has 1 unspecified atom stereocenters. The molecule has 2 fully saturated rings. The van der Waals surface area contributed by atoms with E-state index in [1.54, 1.807) is 0 Å². The van der Waals surface area contributed by atoms with Gasteiger partial charge in [0.15, 0.2) is 0 Å². The summed E-state index contributed by atoms with van der Waals surface area (Å²) in [5.41, 5.74) is 0. The molecule has 0 aromatic rings. The maximum absolute atomic E-state index is 12.2. The van der Waals surface area contributed by atoms with Gasteiger partial charge < -0.3 is 15.0 Å². The smallest absolute Gasteiger partial charge is 0.224 e. The highest BCUT2D eigenvalue weighted by molar-refractivity contribution is 5.85. The zero-order valence-electron chi connectivity index (χ0n) is 12.3. The zero-order chi connectivity index (χ0) is 13.0. The monoisotopic (exact) mass is 327 g/mol. The van der Waals surface area contributed by atoms with E-state index in [4.69, 9.17) is 4.74 Å². The van der Waals surface area contributed by atoms with Crippen molar-refractivity contribution < 1.29 is 9.53 Å². The molecule has 5 nitrogen and oxygen atoms in total. The van der Waals surface area contributed by atoms with Gasteiger partial charge in [0.2, 0.25) is 5.91 Å². The van der Waals surface area contributed by atoms with Gasteiger partial charge in [-0.2, -0.15) is 0 Å². The Labute approximate surface area is 134 Å². The third kappa shape index (κ3) is 5.74. The second-order valence-corrected chi connectivity index (χ2v) is 5.44. The Bertz CT molecular complexity index is 279. The summed E-state index contributed by atoms with van der Waals surface area (Å²) < 4.78 is 5.38. The number of nitrogens with one attached hydrogen (secondary N) is 1. The van der Waals surface area contributed by atoms with Crippen molar-refractivity contribution in [2.45, 2.75) is 32.4 Å². The fourth-order valence-corrected chi connectivity index (χ4v) is 2.58. The molecular weight excluding hydrogens is 301 g/mol. The standard InChI is InChI=1S/C13H25N3O2.2ClH/c1-11(2)15-4-6-16(7-5-15)13(17)9-12-10-18-8-3-14-12;;/h11-12,14H,3-10H2,1-2H3;2*1H. The van der Waals surface area contributed by atoms with Crippen LogP contribution in [0.3, 0.4) is 0 Å². The molecular formula is C13H27Cl2N3O2. The Morgan fingerprint density at radius 3 is 2.40 bits per heavy atom. The Morgan fingerprint density at radius 2 is 1.90 bits per heavy atom. The molecule has 2 heterocycles. The maximum Gasteiger partial charge on any atom is 0.224 e. The van der Waals surface area contributed by atoms with Crippen LogP contribution in [0.2, 0.25) is 0 Å². The summed E-state index contributed by atoms with van der Waals surface area (Å²) in [5.74, 6) is 0.265. The molecule has 0 bridgehead atoms. The van der Waals surface area contributed by atoms with E-state index >= 15 is 0 Å². The van der Waals surface area contributed by atoms with Crippen molar-refractivity contribution in [2.75, 3.05) is 45.9 Å². The molecule has 20 heavy (non-hydrogen) atoms. The minimum absolute atomic E-state index is 0. The maximum atomic E-state index is 12.2. The second-order valence-electron chi connectivity index (χ2n) is 5.44. The van der Waals surface area contributed by atoms with Crippen LogP contribution < -0.4 is 5.32 Å². The van der Waals surface area contributed by atoms with Crippen LogP contribution in [0.15, 0.2) is 0 Å². The van der Waals surface area contributed by atoms with E-state index in [2.05, 4.69) is 24.1 Å². The lowest BCUT2D eigenvalue weighted by molar-refractivity contribution is -0.134. The molecule has 1 atom stereocenters. The lowest BCUT2D eigenvalue weighted by Crippen LogP contribution is -2.52. The minimum Gasteiger partial charge on any atom is -0.378 e. The van der Waals surface area contributed by atoms with Gasteiger partial charge in [-0.15, -0.1) is 24.8 Å². The van der Waals surface area contributed by atoms with Crippen LogP contribution in [-0.2, 0) is 9.53 Å². The van der Waals surface area contributed by atoms with Gasteiger partial charge in [0.25, 0.3) is 0 Å². The van der Waals surface area contributed by atoms with Crippen LogP contribution in [0.1, 0.15) is 20.3 Å². The van der Waals surface area contributed by atoms with E-state index in [1.165, 1.54) is 0 Å². The highest BCUT2D eigenvalue weighted by atomic mass is 35.5. The molecule has 2 rings (SSSR count). The average molecular weight is 328 g/mol. The molecule has 0 spiro atoms. The van der Waals surface area contributed by atoms with Crippen LogP contribution in [0.5, 0.6) is 0 Å². The van der Waals surface area contributed by atoms with Crippen molar-refractivity contribution >= 4 is 30.7 Å². The summed E-state index contributed by atoms with van der Waals surface area (Å²) in [6, 6.07) is 0.782. The predicted octanol–water partition coefficient (Wildman–Crippen LogP) is 0.761. The van der Waals surface area contributed by atoms with E-state index in [9.17, 15) is 4.79 Å². The average Bonchev–Trinajstić information content (AvgIpc) is 2.40. The lowest BCUT2D eigenvalue weighted by atomic mass is 10.1. The Kier molecular flexibility index (Phi) is 9.76. The molecule has 1 N–H and O–H groups in total. The molecule has 1 amide bonds. The molecule has 0 aromatic carbocycles. The molecule has 120 valence electrons. The first-order valence-electron chi connectivity index (χ1n) is 7.00. The summed E-state index contributed by atoms with van der Waals surface area (Å²) in [7, 11) is 0. The number of rotatable bonds is 3. The fraction of sp³-hybridized carbons (Fsp3) is 0.923. The van der Waals surface area contributed by atoms with Crippen LogP contribution in [-0.4, -0.2) is 73.7 Å². The summed E-state index contributed by atoms with van der Waals surface area (Å²) >= 11 is 0. The number of hydrogen-bond acceptors (Lipinski definition) is 4. The highest BCUT2D eigenvalue weighted by Gasteiger charge is 2.25. The van der Waals surface area contributed by atoms with Crippen molar-refractivity contribution in [3.8, 4) is 0 Å². The number of nitrogens with zero attached hydrogens (tertiary/aromatic N) is 2. The van der Waals surface area contributed by atoms with E-state index in [-0.39, 0.29) is 36.8 Å². The third-order valence-electron chi connectivity index (χ3n) is 3.82.